The molecule has 0 radical (unpaired) electrons. The fraction of sp³-hybridized carbons (Fsp3) is 0.390. The van der Waals surface area contributed by atoms with E-state index in [0.29, 0.717) is 35.5 Å². The van der Waals surface area contributed by atoms with Crippen LogP contribution in [0.2, 0.25) is 0 Å². The van der Waals surface area contributed by atoms with Crippen molar-refractivity contribution in [1.29, 1.82) is 0 Å². The fourth-order valence-corrected chi connectivity index (χ4v) is 10.2. The summed E-state index contributed by atoms with van der Waals surface area (Å²) in [5, 5.41) is 0. The van der Waals surface area contributed by atoms with E-state index in [4.69, 9.17) is 15.0 Å². The molecule has 0 amide bonds. The predicted octanol–water partition coefficient (Wildman–Crippen LogP) is 9.55. The molecule has 7 aliphatic rings. The molecule has 1 aromatic carbocycles. The van der Waals surface area contributed by atoms with Crippen LogP contribution in [0, 0.1) is 35.0 Å². The van der Waals surface area contributed by atoms with Crippen LogP contribution in [0.5, 0.6) is 0 Å². The Balaban J connectivity index is 1.19. The van der Waals surface area contributed by atoms with E-state index < -0.39 is 0 Å². The lowest BCUT2D eigenvalue weighted by molar-refractivity contribution is 0.159. The fourth-order valence-electron chi connectivity index (χ4n) is 10.2. The van der Waals surface area contributed by atoms with Crippen LogP contribution in [0.15, 0.2) is 126 Å². The molecule has 0 fully saturated rings. The molecule has 1 aromatic heterocycles. The van der Waals surface area contributed by atoms with Crippen LogP contribution in [0.1, 0.15) is 75.4 Å². The van der Waals surface area contributed by atoms with Crippen molar-refractivity contribution in [3.05, 3.63) is 137 Å². The maximum atomic E-state index is 5.31. The molecule has 0 bridgehead atoms. The Morgan fingerprint density at radius 3 is 2.48 bits per heavy atom. The molecular weight excluding hydrogens is 534 g/mol. The van der Waals surface area contributed by atoms with Crippen molar-refractivity contribution in [2.24, 2.45) is 35.0 Å². The second-order valence-electron chi connectivity index (χ2n) is 14.1. The molecule has 7 unspecified atom stereocenters. The highest BCUT2D eigenvalue weighted by Gasteiger charge is 2.64. The van der Waals surface area contributed by atoms with Crippen LogP contribution < -0.4 is 0 Å². The predicted molar refractivity (Wildman–Crippen MR) is 178 cm³/mol. The van der Waals surface area contributed by atoms with Gasteiger partial charge in [-0.05, 0) is 67.9 Å². The minimum Gasteiger partial charge on any atom is -0.217 e. The molecule has 9 rings (SSSR count). The third-order valence-corrected chi connectivity index (χ3v) is 11.9. The van der Waals surface area contributed by atoms with E-state index in [1.165, 1.54) is 12.8 Å². The quantitative estimate of drug-likeness (QED) is 0.342. The van der Waals surface area contributed by atoms with Gasteiger partial charge in [-0.15, -0.1) is 0 Å². The largest absolute Gasteiger partial charge is 0.217 e. The van der Waals surface area contributed by atoms with Gasteiger partial charge in [0.15, 0.2) is 5.82 Å². The zero-order chi connectivity index (χ0) is 29.3. The molecule has 3 heteroatoms. The SMILES string of the molecule is CC1CC=CC2=C1C1(C3=C(C=CC(c4nc(-c5ccccc5)nc(C5CC=CCC5)n4)C3)C3C=CCC[C@H]31)C1C=CC=CC21. The molecule has 0 saturated heterocycles. The van der Waals surface area contributed by atoms with Gasteiger partial charge < -0.3 is 0 Å². The Morgan fingerprint density at radius 1 is 0.727 bits per heavy atom. The highest BCUT2D eigenvalue weighted by Crippen LogP contribution is 2.72. The number of aromatic nitrogens is 3. The van der Waals surface area contributed by atoms with Gasteiger partial charge in [0.2, 0.25) is 0 Å². The van der Waals surface area contributed by atoms with Crippen LogP contribution in [-0.4, -0.2) is 15.0 Å². The van der Waals surface area contributed by atoms with Gasteiger partial charge in [0.05, 0.1) is 0 Å². The number of hydrogen-bond acceptors (Lipinski definition) is 3. The van der Waals surface area contributed by atoms with Gasteiger partial charge >= 0.3 is 0 Å². The molecule has 7 aliphatic carbocycles. The third-order valence-electron chi connectivity index (χ3n) is 11.9. The number of rotatable bonds is 3. The summed E-state index contributed by atoms with van der Waals surface area (Å²) in [6.45, 7) is 2.50. The van der Waals surface area contributed by atoms with Crippen molar-refractivity contribution in [1.82, 2.24) is 15.0 Å². The lowest BCUT2D eigenvalue weighted by Crippen LogP contribution is -2.41. The Bertz CT molecular complexity index is 1750. The Kier molecular flexibility index (Phi) is 6.25. The second kappa shape index (κ2) is 10.4. The molecule has 8 atom stereocenters. The first-order valence-electron chi connectivity index (χ1n) is 17.0. The standard InChI is InChI=1S/C41H41N3/c1-26-13-12-20-33-31-19-9-11-22-35(31)41(37(26)33)34-21-10-8-18-30(34)32-24-23-29(25-36(32)41)40-43-38(27-14-4-2-5-15-27)42-39(44-40)28-16-6-3-7-17-28/h2-6,8-9,11-12,14-15,18-20,22-24,26,28-31,34-35H,7,10,13,16-17,21,25H2,1H3/t26?,28?,29?,30?,31?,34-,35?,41?/m1/s1. The van der Waals surface area contributed by atoms with Crippen molar-refractivity contribution in [3.63, 3.8) is 0 Å². The topological polar surface area (TPSA) is 38.7 Å². The summed E-state index contributed by atoms with van der Waals surface area (Å²) in [5.74, 6) is 5.91. The normalized spacial score (nSPS) is 36.2. The summed E-state index contributed by atoms with van der Waals surface area (Å²) in [6, 6.07) is 10.5. The molecular formula is C41H41N3. The van der Waals surface area contributed by atoms with Gasteiger partial charge in [0, 0.05) is 40.6 Å². The zero-order valence-electron chi connectivity index (χ0n) is 25.6. The van der Waals surface area contributed by atoms with E-state index in [9.17, 15) is 0 Å². The van der Waals surface area contributed by atoms with Gasteiger partial charge in [-0.25, -0.2) is 15.0 Å². The first kappa shape index (κ1) is 26.5. The number of nitrogens with zero attached hydrogens (tertiary/aromatic N) is 3. The van der Waals surface area contributed by atoms with Crippen molar-refractivity contribution in [2.45, 2.75) is 63.7 Å². The maximum absolute atomic E-state index is 5.31. The van der Waals surface area contributed by atoms with E-state index in [1.54, 1.807) is 22.3 Å². The summed E-state index contributed by atoms with van der Waals surface area (Å²) >= 11 is 0. The number of fused-ring (bicyclic) bond motifs is 8. The average molecular weight is 576 g/mol. The van der Waals surface area contributed by atoms with Crippen LogP contribution in [0.3, 0.4) is 0 Å². The van der Waals surface area contributed by atoms with Gasteiger partial charge in [-0.2, -0.15) is 0 Å². The molecule has 220 valence electrons. The summed E-state index contributed by atoms with van der Waals surface area (Å²) < 4.78 is 0. The van der Waals surface area contributed by atoms with Crippen LogP contribution >= 0.6 is 0 Å². The van der Waals surface area contributed by atoms with E-state index in [1.807, 2.05) is 0 Å². The third kappa shape index (κ3) is 3.84. The maximum Gasteiger partial charge on any atom is 0.163 e. The molecule has 0 saturated carbocycles. The number of benzene rings is 1. The summed E-state index contributed by atoms with van der Waals surface area (Å²) in [4.78, 5) is 15.7. The Morgan fingerprint density at radius 2 is 1.59 bits per heavy atom. The summed E-state index contributed by atoms with van der Waals surface area (Å²) in [5.41, 5.74) is 7.80. The highest BCUT2D eigenvalue weighted by atomic mass is 15.0. The smallest absolute Gasteiger partial charge is 0.163 e. The van der Waals surface area contributed by atoms with Crippen LogP contribution in [-0.2, 0) is 0 Å². The Hall–Kier alpha value is -3.85. The number of hydrogen-bond donors (Lipinski definition) is 0. The zero-order valence-corrected chi connectivity index (χ0v) is 25.6. The molecule has 0 aliphatic heterocycles. The van der Waals surface area contributed by atoms with Gasteiger partial charge in [-0.3, -0.25) is 0 Å². The molecule has 2 aromatic rings. The van der Waals surface area contributed by atoms with Gasteiger partial charge in [0.25, 0.3) is 0 Å². The van der Waals surface area contributed by atoms with Crippen molar-refractivity contribution < 1.29 is 0 Å². The van der Waals surface area contributed by atoms with Crippen molar-refractivity contribution >= 4 is 0 Å². The van der Waals surface area contributed by atoms with E-state index in [2.05, 4.69) is 110 Å². The van der Waals surface area contributed by atoms with E-state index >= 15 is 0 Å². The molecule has 44 heavy (non-hydrogen) atoms. The first-order valence-corrected chi connectivity index (χ1v) is 17.0. The lowest BCUT2D eigenvalue weighted by Gasteiger charge is -2.47. The molecule has 0 N–H and O–H groups in total. The Labute approximate surface area is 261 Å². The molecule has 1 heterocycles. The van der Waals surface area contributed by atoms with E-state index in [-0.39, 0.29) is 11.3 Å². The van der Waals surface area contributed by atoms with Gasteiger partial charge in [0.1, 0.15) is 11.6 Å². The van der Waals surface area contributed by atoms with Crippen molar-refractivity contribution in [2.75, 3.05) is 0 Å². The molecule has 1 spiro atoms. The minimum absolute atomic E-state index is 0.0749. The van der Waals surface area contributed by atoms with Crippen LogP contribution in [0.25, 0.3) is 11.4 Å². The lowest BCUT2D eigenvalue weighted by atomic mass is 9.55. The summed E-state index contributed by atoms with van der Waals surface area (Å²) in [7, 11) is 0. The highest BCUT2D eigenvalue weighted by molar-refractivity contribution is 5.61. The molecule has 3 nitrogen and oxygen atoms in total. The van der Waals surface area contributed by atoms with Crippen molar-refractivity contribution in [3.8, 4) is 11.4 Å². The second-order valence-corrected chi connectivity index (χ2v) is 14.1. The minimum atomic E-state index is 0.0749. The average Bonchev–Trinajstić information content (AvgIpc) is 3.56. The first-order chi connectivity index (χ1) is 21.7. The number of allylic oxidation sites excluding steroid dienone is 16. The van der Waals surface area contributed by atoms with E-state index in [0.717, 1.165) is 55.1 Å². The van der Waals surface area contributed by atoms with Crippen LogP contribution in [0.4, 0.5) is 0 Å². The monoisotopic (exact) mass is 575 g/mol. The summed E-state index contributed by atoms with van der Waals surface area (Å²) in [6.07, 6.45) is 37.0. The van der Waals surface area contributed by atoms with Gasteiger partial charge in [-0.1, -0.05) is 121 Å².